The first-order valence-electron chi connectivity index (χ1n) is 6.40. The second-order valence-electron chi connectivity index (χ2n) is 4.83. The van der Waals surface area contributed by atoms with Crippen molar-refractivity contribution >= 4 is 0 Å². The zero-order valence-corrected chi connectivity index (χ0v) is 10.3. The lowest BCUT2D eigenvalue weighted by Crippen LogP contribution is -2.23. The summed E-state index contributed by atoms with van der Waals surface area (Å²) in [4.78, 5) is 4.34. The summed E-state index contributed by atoms with van der Waals surface area (Å²) < 4.78 is 2.14. The van der Waals surface area contributed by atoms with Crippen molar-refractivity contribution in [3.63, 3.8) is 0 Å². The number of nitrogens with zero attached hydrogens (tertiary/aromatic N) is 3. The molecule has 4 nitrogen and oxygen atoms in total. The van der Waals surface area contributed by atoms with Gasteiger partial charge < -0.3 is 5.32 Å². The average Bonchev–Trinajstić information content (AvgIpc) is 2.74. The Hall–Kier alpha value is -0.900. The van der Waals surface area contributed by atoms with Crippen molar-refractivity contribution < 1.29 is 0 Å². The van der Waals surface area contributed by atoms with Crippen LogP contribution in [-0.2, 0) is 6.54 Å². The molecular weight excluding hydrogens is 200 g/mol. The molecule has 0 bridgehead atoms. The minimum atomic E-state index is 0.569. The smallest absolute Gasteiger partial charge is 0.141 e. The molecule has 0 spiro atoms. The Kier molecular flexibility index (Phi) is 3.93. The van der Waals surface area contributed by atoms with Gasteiger partial charge in [-0.3, -0.25) is 0 Å². The van der Waals surface area contributed by atoms with E-state index >= 15 is 0 Å². The Bertz CT molecular complexity index is 321. The zero-order valence-electron chi connectivity index (χ0n) is 10.3. The molecule has 4 heteroatoms. The Morgan fingerprint density at radius 1 is 1.50 bits per heavy atom. The van der Waals surface area contributed by atoms with E-state index in [1.165, 1.54) is 25.7 Å². The molecule has 2 atom stereocenters. The third kappa shape index (κ3) is 2.61. The van der Waals surface area contributed by atoms with Crippen molar-refractivity contribution in [3.8, 4) is 0 Å². The van der Waals surface area contributed by atoms with Crippen LogP contribution in [0.2, 0.25) is 0 Å². The lowest BCUT2D eigenvalue weighted by molar-refractivity contribution is 0.260. The fraction of sp³-hybridized carbons (Fsp3) is 0.833. The Morgan fingerprint density at radius 3 is 3.12 bits per heavy atom. The fourth-order valence-corrected chi connectivity index (χ4v) is 2.57. The van der Waals surface area contributed by atoms with Crippen LogP contribution in [0.4, 0.5) is 0 Å². The van der Waals surface area contributed by atoms with Crippen LogP contribution in [0.5, 0.6) is 0 Å². The average molecular weight is 222 g/mol. The Balaban J connectivity index is 2.04. The molecule has 1 N–H and O–H groups in total. The van der Waals surface area contributed by atoms with Crippen molar-refractivity contribution in [2.75, 3.05) is 6.54 Å². The molecule has 1 aliphatic carbocycles. The maximum Gasteiger partial charge on any atom is 0.141 e. The normalized spacial score (nSPS) is 25.9. The second kappa shape index (κ2) is 5.43. The van der Waals surface area contributed by atoms with E-state index in [9.17, 15) is 0 Å². The van der Waals surface area contributed by atoms with Gasteiger partial charge in [0.25, 0.3) is 0 Å². The van der Waals surface area contributed by atoms with E-state index in [1.54, 1.807) is 6.33 Å². The third-order valence-corrected chi connectivity index (χ3v) is 3.43. The molecule has 1 fully saturated rings. The van der Waals surface area contributed by atoms with E-state index < -0.39 is 0 Å². The van der Waals surface area contributed by atoms with Crippen LogP contribution in [0, 0.1) is 5.92 Å². The van der Waals surface area contributed by atoms with Gasteiger partial charge in [-0.05, 0) is 25.3 Å². The van der Waals surface area contributed by atoms with E-state index in [-0.39, 0.29) is 0 Å². The molecule has 1 aliphatic rings. The summed E-state index contributed by atoms with van der Waals surface area (Å²) in [5.41, 5.74) is 0. The Morgan fingerprint density at radius 2 is 2.38 bits per heavy atom. The lowest BCUT2D eigenvalue weighted by Gasteiger charge is -2.27. The standard InChI is InChI=1S/C12H22N4/c1-3-13-8-12-14-9-15-16(12)11-6-4-5-10(2)7-11/h9-11,13H,3-8H2,1-2H3. The molecule has 1 aromatic heterocycles. The monoisotopic (exact) mass is 222 g/mol. The first-order chi connectivity index (χ1) is 7.81. The number of hydrogen-bond acceptors (Lipinski definition) is 3. The van der Waals surface area contributed by atoms with E-state index in [4.69, 9.17) is 0 Å². The molecule has 1 heterocycles. The molecule has 2 rings (SSSR count). The highest BCUT2D eigenvalue weighted by Crippen LogP contribution is 2.31. The first kappa shape index (κ1) is 11.6. The van der Waals surface area contributed by atoms with Crippen molar-refractivity contribution in [2.45, 2.75) is 52.1 Å². The van der Waals surface area contributed by atoms with Crippen molar-refractivity contribution in [2.24, 2.45) is 5.92 Å². The summed E-state index contributed by atoms with van der Waals surface area (Å²) in [5.74, 6) is 1.91. The summed E-state index contributed by atoms with van der Waals surface area (Å²) in [6.45, 7) is 6.27. The van der Waals surface area contributed by atoms with E-state index in [0.29, 0.717) is 6.04 Å². The minimum Gasteiger partial charge on any atom is -0.310 e. The van der Waals surface area contributed by atoms with Crippen LogP contribution in [0.3, 0.4) is 0 Å². The predicted molar refractivity (Wildman–Crippen MR) is 64.1 cm³/mol. The number of aromatic nitrogens is 3. The van der Waals surface area contributed by atoms with Crippen molar-refractivity contribution in [1.82, 2.24) is 20.1 Å². The van der Waals surface area contributed by atoms with Gasteiger partial charge in [-0.15, -0.1) is 0 Å². The molecule has 1 saturated carbocycles. The van der Waals surface area contributed by atoms with Gasteiger partial charge in [0.2, 0.25) is 0 Å². The highest BCUT2D eigenvalue weighted by Gasteiger charge is 2.22. The summed E-state index contributed by atoms with van der Waals surface area (Å²) in [7, 11) is 0. The van der Waals surface area contributed by atoms with Gasteiger partial charge in [0, 0.05) is 0 Å². The summed E-state index contributed by atoms with van der Waals surface area (Å²) in [5, 5.41) is 7.71. The first-order valence-corrected chi connectivity index (χ1v) is 6.40. The van der Waals surface area contributed by atoms with E-state index in [1.807, 2.05) is 0 Å². The predicted octanol–water partition coefficient (Wildman–Crippen LogP) is 2.14. The molecule has 0 aromatic carbocycles. The highest BCUT2D eigenvalue weighted by molar-refractivity contribution is 4.89. The largest absolute Gasteiger partial charge is 0.310 e. The van der Waals surface area contributed by atoms with Crippen LogP contribution in [0.15, 0.2) is 6.33 Å². The van der Waals surface area contributed by atoms with Crippen LogP contribution in [0.1, 0.15) is 51.4 Å². The lowest BCUT2D eigenvalue weighted by atomic mass is 9.87. The van der Waals surface area contributed by atoms with Gasteiger partial charge in [-0.2, -0.15) is 5.10 Å². The Labute approximate surface area is 97.5 Å². The maximum atomic E-state index is 4.39. The molecule has 0 saturated heterocycles. The van der Waals surface area contributed by atoms with Gasteiger partial charge in [-0.1, -0.05) is 26.7 Å². The number of hydrogen-bond donors (Lipinski definition) is 1. The van der Waals surface area contributed by atoms with Crippen molar-refractivity contribution in [3.05, 3.63) is 12.2 Å². The molecule has 2 unspecified atom stereocenters. The topological polar surface area (TPSA) is 42.7 Å². The van der Waals surface area contributed by atoms with Gasteiger partial charge in [-0.25, -0.2) is 9.67 Å². The van der Waals surface area contributed by atoms with Gasteiger partial charge in [0.1, 0.15) is 12.2 Å². The van der Waals surface area contributed by atoms with Crippen molar-refractivity contribution in [1.29, 1.82) is 0 Å². The summed E-state index contributed by atoms with van der Waals surface area (Å²) in [6, 6.07) is 0.569. The van der Waals surface area contributed by atoms with Gasteiger partial charge >= 0.3 is 0 Å². The zero-order chi connectivity index (χ0) is 11.4. The molecule has 0 amide bonds. The van der Waals surface area contributed by atoms with E-state index in [0.717, 1.165) is 24.8 Å². The summed E-state index contributed by atoms with van der Waals surface area (Å²) in [6.07, 6.45) is 6.89. The minimum absolute atomic E-state index is 0.569. The SMILES string of the molecule is CCNCc1ncnn1C1CCCC(C)C1. The number of rotatable bonds is 4. The highest BCUT2D eigenvalue weighted by atomic mass is 15.4. The molecule has 90 valence electrons. The fourth-order valence-electron chi connectivity index (χ4n) is 2.57. The van der Waals surface area contributed by atoms with Crippen LogP contribution >= 0.6 is 0 Å². The van der Waals surface area contributed by atoms with E-state index in [2.05, 4.69) is 33.9 Å². The van der Waals surface area contributed by atoms with Crippen LogP contribution < -0.4 is 5.32 Å². The third-order valence-electron chi connectivity index (χ3n) is 3.43. The quantitative estimate of drug-likeness (QED) is 0.848. The molecule has 0 aliphatic heterocycles. The number of nitrogens with one attached hydrogen (secondary N) is 1. The maximum absolute atomic E-state index is 4.39. The molecule has 16 heavy (non-hydrogen) atoms. The molecule has 0 radical (unpaired) electrons. The second-order valence-corrected chi connectivity index (χ2v) is 4.83. The van der Waals surface area contributed by atoms with Crippen LogP contribution in [-0.4, -0.2) is 21.3 Å². The van der Waals surface area contributed by atoms with Gasteiger partial charge in [0.15, 0.2) is 0 Å². The molecular formula is C12H22N4. The van der Waals surface area contributed by atoms with Crippen LogP contribution in [0.25, 0.3) is 0 Å². The summed E-state index contributed by atoms with van der Waals surface area (Å²) >= 11 is 0. The van der Waals surface area contributed by atoms with Gasteiger partial charge in [0.05, 0.1) is 12.6 Å². The molecule has 1 aromatic rings.